The van der Waals surface area contributed by atoms with Crippen molar-refractivity contribution in [1.82, 2.24) is 5.32 Å². The van der Waals surface area contributed by atoms with Gasteiger partial charge in [0.15, 0.2) is 0 Å². The summed E-state index contributed by atoms with van der Waals surface area (Å²) in [4.78, 5) is 24.1. The molecule has 2 N–H and O–H groups in total. The molecule has 0 aromatic heterocycles. The lowest BCUT2D eigenvalue weighted by molar-refractivity contribution is -0.119. The van der Waals surface area contributed by atoms with Gasteiger partial charge < -0.3 is 15.3 Å². The lowest BCUT2D eigenvalue weighted by Crippen LogP contribution is -2.34. The number of hydrogen-bond donors (Lipinski definition) is 2. The van der Waals surface area contributed by atoms with Gasteiger partial charge in [-0.05, 0) is 24.1 Å². The average molecular weight is 234 g/mol. The number of carboxylic acid groups (broad SMARTS) is 1. The van der Waals surface area contributed by atoms with Crippen molar-refractivity contribution in [3.05, 3.63) is 29.3 Å². The van der Waals surface area contributed by atoms with Crippen LogP contribution in [0.3, 0.4) is 0 Å². The number of likely N-dealkylation sites (N-methyl/N-ethyl adjacent to an activating group) is 1. The van der Waals surface area contributed by atoms with Crippen molar-refractivity contribution < 1.29 is 14.7 Å². The van der Waals surface area contributed by atoms with Crippen LogP contribution in [0.15, 0.2) is 18.2 Å². The van der Waals surface area contributed by atoms with Crippen molar-refractivity contribution in [3.63, 3.8) is 0 Å². The monoisotopic (exact) mass is 234 g/mol. The number of carboxylic acids is 1. The molecule has 1 aromatic carbocycles. The van der Waals surface area contributed by atoms with Crippen LogP contribution >= 0.6 is 0 Å². The Hall–Kier alpha value is -2.04. The summed E-state index contributed by atoms with van der Waals surface area (Å²) in [5, 5.41) is 11.5. The Kier molecular flexibility index (Phi) is 2.99. The second-order valence-electron chi connectivity index (χ2n) is 3.99. The predicted octanol–water partition coefficient (Wildman–Crippen LogP) is 0.493. The third kappa shape index (κ3) is 2.22. The van der Waals surface area contributed by atoms with Crippen molar-refractivity contribution in [2.24, 2.45) is 0 Å². The molecule has 5 nitrogen and oxygen atoms in total. The van der Waals surface area contributed by atoms with Crippen LogP contribution in [0.4, 0.5) is 5.69 Å². The van der Waals surface area contributed by atoms with E-state index in [0.717, 1.165) is 24.2 Å². The molecule has 0 aliphatic carbocycles. The normalized spacial score (nSPS) is 13.4. The van der Waals surface area contributed by atoms with Gasteiger partial charge in [0.25, 0.3) is 0 Å². The molecular formula is C12H14N2O3. The Morgan fingerprint density at radius 2 is 2.24 bits per heavy atom. The SMILES string of the molecule is CNC(=O)CN1CCc2ccc(C(=O)O)cc21. The molecule has 0 saturated carbocycles. The first-order valence-electron chi connectivity index (χ1n) is 5.43. The topological polar surface area (TPSA) is 69.6 Å². The van der Waals surface area contributed by atoms with E-state index < -0.39 is 5.97 Å². The van der Waals surface area contributed by atoms with Crippen molar-refractivity contribution in [2.75, 3.05) is 25.0 Å². The molecule has 5 heteroatoms. The van der Waals surface area contributed by atoms with E-state index in [9.17, 15) is 9.59 Å². The molecule has 0 saturated heterocycles. The van der Waals surface area contributed by atoms with Gasteiger partial charge >= 0.3 is 5.97 Å². The predicted molar refractivity (Wildman–Crippen MR) is 63.4 cm³/mol. The van der Waals surface area contributed by atoms with Gasteiger partial charge in [0, 0.05) is 19.3 Å². The number of fused-ring (bicyclic) bond motifs is 1. The maximum absolute atomic E-state index is 11.3. The molecule has 90 valence electrons. The first kappa shape index (κ1) is 11.4. The largest absolute Gasteiger partial charge is 0.478 e. The lowest BCUT2D eigenvalue weighted by atomic mass is 10.1. The smallest absolute Gasteiger partial charge is 0.335 e. The van der Waals surface area contributed by atoms with E-state index in [0.29, 0.717) is 0 Å². The Morgan fingerprint density at radius 1 is 1.47 bits per heavy atom. The summed E-state index contributed by atoms with van der Waals surface area (Å²) in [6, 6.07) is 5.06. The highest BCUT2D eigenvalue weighted by molar-refractivity contribution is 5.90. The Bertz CT molecular complexity index is 471. The van der Waals surface area contributed by atoms with Gasteiger partial charge in [-0.15, -0.1) is 0 Å². The lowest BCUT2D eigenvalue weighted by Gasteiger charge is -2.18. The Morgan fingerprint density at radius 3 is 2.88 bits per heavy atom. The van der Waals surface area contributed by atoms with E-state index >= 15 is 0 Å². The van der Waals surface area contributed by atoms with E-state index in [1.165, 1.54) is 0 Å². The summed E-state index contributed by atoms with van der Waals surface area (Å²) in [6.45, 7) is 1.03. The molecule has 1 aromatic rings. The summed E-state index contributed by atoms with van der Waals surface area (Å²) >= 11 is 0. The van der Waals surface area contributed by atoms with Crippen LogP contribution in [-0.4, -0.2) is 37.1 Å². The van der Waals surface area contributed by atoms with Gasteiger partial charge in [-0.25, -0.2) is 4.79 Å². The van der Waals surface area contributed by atoms with Crippen molar-refractivity contribution >= 4 is 17.6 Å². The molecular weight excluding hydrogens is 220 g/mol. The van der Waals surface area contributed by atoms with Crippen molar-refractivity contribution in [3.8, 4) is 0 Å². The van der Waals surface area contributed by atoms with Crippen molar-refractivity contribution in [1.29, 1.82) is 0 Å². The highest BCUT2D eigenvalue weighted by Gasteiger charge is 2.21. The van der Waals surface area contributed by atoms with E-state index in [1.54, 1.807) is 19.2 Å². The number of amides is 1. The van der Waals surface area contributed by atoms with E-state index in [2.05, 4.69) is 5.32 Å². The molecule has 1 aliphatic rings. The first-order valence-corrected chi connectivity index (χ1v) is 5.43. The van der Waals surface area contributed by atoms with Crippen LogP contribution < -0.4 is 10.2 Å². The molecule has 2 rings (SSSR count). The minimum absolute atomic E-state index is 0.0708. The van der Waals surface area contributed by atoms with Crippen LogP contribution in [0.2, 0.25) is 0 Å². The summed E-state index contributed by atoms with van der Waals surface area (Å²) in [5.41, 5.74) is 2.21. The maximum atomic E-state index is 11.3. The molecule has 1 heterocycles. The van der Waals surface area contributed by atoms with E-state index in [-0.39, 0.29) is 18.0 Å². The molecule has 0 atom stereocenters. The Labute approximate surface area is 99.0 Å². The summed E-state index contributed by atoms with van der Waals surface area (Å²) in [5.74, 6) is -1.02. The highest BCUT2D eigenvalue weighted by Crippen LogP contribution is 2.28. The van der Waals surface area contributed by atoms with Crippen LogP contribution in [0.1, 0.15) is 15.9 Å². The number of nitrogens with one attached hydrogen (secondary N) is 1. The molecule has 0 radical (unpaired) electrons. The quantitative estimate of drug-likeness (QED) is 0.798. The van der Waals surface area contributed by atoms with Gasteiger partial charge in [0.2, 0.25) is 5.91 Å². The Balaban J connectivity index is 2.26. The zero-order chi connectivity index (χ0) is 12.4. The van der Waals surface area contributed by atoms with Crippen LogP contribution in [0.5, 0.6) is 0 Å². The average Bonchev–Trinajstić information content (AvgIpc) is 2.71. The molecule has 0 bridgehead atoms. The third-order valence-corrected chi connectivity index (χ3v) is 2.94. The summed E-state index contributed by atoms with van der Waals surface area (Å²) in [6.07, 6.45) is 0.853. The van der Waals surface area contributed by atoms with Gasteiger partial charge in [0.1, 0.15) is 0 Å². The number of rotatable bonds is 3. The number of aromatic carboxylic acids is 1. The molecule has 1 aliphatic heterocycles. The fourth-order valence-electron chi connectivity index (χ4n) is 2.00. The van der Waals surface area contributed by atoms with Crippen LogP contribution in [0, 0.1) is 0 Å². The minimum Gasteiger partial charge on any atom is -0.478 e. The number of benzene rings is 1. The first-order chi connectivity index (χ1) is 8.11. The maximum Gasteiger partial charge on any atom is 0.335 e. The number of anilines is 1. The third-order valence-electron chi connectivity index (χ3n) is 2.94. The second-order valence-corrected chi connectivity index (χ2v) is 3.99. The zero-order valence-corrected chi connectivity index (χ0v) is 9.56. The molecule has 0 unspecified atom stereocenters. The molecule has 0 fully saturated rings. The standard InChI is InChI=1S/C12H14N2O3/c1-13-11(15)7-14-5-4-8-2-3-9(12(16)17)6-10(8)14/h2-3,6H,4-5,7H2,1H3,(H,13,15)(H,16,17). The minimum atomic E-state index is -0.945. The zero-order valence-electron chi connectivity index (χ0n) is 9.56. The molecule has 0 spiro atoms. The molecule has 17 heavy (non-hydrogen) atoms. The summed E-state index contributed by atoms with van der Waals surface area (Å²) < 4.78 is 0. The summed E-state index contributed by atoms with van der Waals surface area (Å²) in [7, 11) is 1.59. The van der Waals surface area contributed by atoms with Gasteiger partial charge in [-0.3, -0.25) is 4.79 Å². The van der Waals surface area contributed by atoms with Crippen molar-refractivity contribution in [2.45, 2.75) is 6.42 Å². The number of carbonyl (C=O) groups is 2. The fraction of sp³-hybridized carbons (Fsp3) is 0.333. The van der Waals surface area contributed by atoms with Crippen LogP contribution in [0.25, 0.3) is 0 Å². The second kappa shape index (κ2) is 4.45. The molecule has 1 amide bonds. The van der Waals surface area contributed by atoms with Gasteiger partial charge in [0.05, 0.1) is 12.1 Å². The number of nitrogens with zero attached hydrogens (tertiary/aromatic N) is 1. The highest BCUT2D eigenvalue weighted by atomic mass is 16.4. The van der Waals surface area contributed by atoms with Gasteiger partial charge in [-0.2, -0.15) is 0 Å². The number of carbonyl (C=O) groups excluding carboxylic acids is 1. The van der Waals surface area contributed by atoms with E-state index in [1.807, 2.05) is 11.0 Å². The van der Waals surface area contributed by atoms with Crippen LogP contribution in [-0.2, 0) is 11.2 Å². The fourth-order valence-corrected chi connectivity index (χ4v) is 2.00. The van der Waals surface area contributed by atoms with E-state index in [4.69, 9.17) is 5.11 Å². The number of hydrogen-bond acceptors (Lipinski definition) is 3. The van der Waals surface area contributed by atoms with Gasteiger partial charge in [-0.1, -0.05) is 6.07 Å².